The van der Waals surface area contributed by atoms with Crippen molar-refractivity contribution in [3.8, 4) is 0 Å². The molecule has 3 N–H and O–H groups in total. The highest BCUT2D eigenvalue weighted by Gasteiger charge is 2.51. The zero-order valence-corrected chi connectivity index (χ0v) is 58.8. The third kappa shape index (κ3) is 20.3. The molecule has 23 nitrogen and oxygen atoms in total. The van der Waals surface area contributed by atoms with Gasteiger partial charge in [0.05, 0.1) is 43.6 Å². The molecular formula is C65H106Cl2F3N11O12. The van der Waals surface area contributed by atoms with E-state index in [1.165, 1.54) is 68.9 Å². The van der Waals surface area contributed by atoms with Crippen LogP contribution in [0.1, 0.15) is 164 Å². The Labute approximate surface area is 558 Å². The first-order chi connectivity index (χ1) is 43.5. The first-order valence-electron chi connectivity index (χ1n) is 33.4. The predicted octanol–water partition coefficient (Wildman–Crippen LogP) is 5.16. The average molecular weight is 1360 g/mol. The Bertz CT molecular complexity index is 2650. The lowest BCUT2D eigenvalue weighted by Gasteiger charge is -2.41. The molecule has 28 heteroatoms. The van der Waals surface area contributed by atoms with E-state index in [4.69, 9.17) is 27.9 Å². The Kier molecular flexibility index (Phi) is 29.0. The Balaban J connectivity index is 1.55. The number of carbonyl (C=O) groups excluding carboxylic acids is 11. The van der Waals surface area contributed by atoms with E-state index in [2.05, 4.69) is 16.0 Å². The summed E-state index contributed by atoms with van der Waals surface area (Å²) in [5.41, 5.74) is -1.49. The highest BCUT2D eigenvalue weighted by Crippen LogP contribution is 2.44. The Morgan fingerprint density at radius 3 is 1.83 bits per heavy atom. The van der Waals surface area contributed by atoms with Crippen LogP contribution in [0.25, 0.3) is 0 Å². The lowest BCUT2D eigenvalue weighted by Crippen LogP contribution is -2.64. The monoisotopic (exact) mass is 1360 g/mol. The van der Waals surface area contributed by atoms with Crippen molar-refractivity contribution in [3.05, 3.63) is 0 Å². The van der Waals surface area contributed by atoms with Gasteiger partial charge in [-0.1, -0.05) is 73.6 Å². The van der Waals surface area contributed by atoms with Crippen molar-refractivity contribution >= 4 is 88.2 Å². The molecule has 0 bridgehead atoms. The van der Waals surface area contributed by atoms with Gasteiger partial charge < -0.3 is 59.9 Å². The van der Waals surface area contributed by atoms with Crippen molar-refractivity contribution in [3.63, 3.8) is 0 Å². The van der Waals surface area contributed by atoms with Gasteiger partial charge in [-0.2, -0.15) is 13.2 Å². The summed E-state index contributed by atoms with van der Waals surface area (Å²) in [6, 6.07) is -7.94. The lowest BCUT2D eigenvalue weighted by atomic mass is 9.78. The van der Waals surface area contributed by atoms with Crippen LogP contribution in [0.5, 0.6) is 0 Å². The van der Waals surface area contributed by atoms with Gasteiger partial charge in [-0.05, 0) is 108 Å². The SMILES string of the molecule is CC[C@H](C)[C@@H]1NC(=O)[C@H](CC(C)C)N(C)C(=O)C[C@@H](C)N(C)C(=O)[C@H](C(C)C)N(C)C(=O)C2(CCCC2)NC(=O)[C@@H]2CCCN2C(=O)[C@H](CCC2CCC(C(F)(F)F)C(Cl)C2)NC(=O)CN(C)C(=O)[C@H](COC2CCCCC2Cl)N(C)C(=O)CN(C)C(=O)CN(C)C1=O. The fourth-order valence-corrected chi connectivity index (χ4v) is 14.7. The van der Waals surface area contributed by atoms with E-state index in [1.807, 2.05) is 20.8 Å². The summed E-state index contributed by atoms with van der Waals surface area (Å²) in [6.07, 6.45) is 0.344. The number of alkyl halides is 5. The molecule has 13 atom stereocenters. The number of rotatable bonds is 11. The van der Waals surface area contributed by atoms with Gasteiger partial charge in [0.25, 0.3) is 0 Å². The number of carbonyl (C=O) groups is 11. The molecule has 528 valence electrons. The maximum atomic E-state index is 15.1. The summed E-state index contributed by atoms with van der Waals surface area (Å²) in [4.78, 5) is 170. The summed E-state index contributed by atoms with van der Waals surface area (Å²) in [7, 11) is 9.90. The molecule has 5 fully saturated rings. The zero-order valence-electron chi connectivity index (χ0n) is 57.3. The average Bonchev–Trinajstić information content (AvgIpc) is 1.75. The first-order valence-corrected chi connectivity index (χ1v) is 34.3. The second kappa shape index (κ2) is 34.4. The molecule has 5 unspecified atom stereocenters. The highest BCUT2D eigenvalue weighted by atomic mass is 35.5. The predicted molar refractivity (Wildman–Crippen MR) is 345 cm³/mol. The number of halogens is 5. The molecule has 1 spiro atoms. The minimum absolute atomic E-state index is 0.00663. The van der Waals surface area contributed by atoms with Crippen molar-refractivity contribution in [1.29, 1.82) is 0 Å². The molecule has 3 aliphatic carbocycles. The Morgan fingerprint density at radius 2 is 1.24 bits per heavy atom. The van der Waals surface area contributed by atoms with Crippen LogP contribution in [0.2, 0.25) is 0 Å². The van der Waals surface area contributed by atoms with E-state index < -0.39 is 173 Å². The fraction of sp³-hybridized carbons (Fsp3) is 0.831. The van der Waals surface area contributed by atoms with Gasteiger partial charge in [-0.25, -0.2) is 0 Å². The molecule has 0 aromatic heterocycles. The van der Waals surface area contributed by atoms with Crippen molar-refractivity contribution in [2.75, 3.05) is 82.1 Å². The van der Waals surface area contributed by atoms with Crippen LogP contribution in [0, 0.1) is 29.6 Å². The minimum Gasteiger partial charge on any atom is -0.374 e. The van der Waals surface area contributed by atoms with Crippen LogP contribution >= 0.6 is 23.2 Å². The summed E-state index contributed by atoms with van der Waals surface area (Å²) >= 11 is 13.0. The molecule has 2 aliphatic heterocycles. The van der Waals surface area contributed by atoms with Crippen LogP contribution in [0.3, 0.4) is 0 Å². The molecule has 5 rings (SSSR count). The van der Waals surface area contributed by atoms with Crippen LogP contribution < -0.4 is 16.0 Å². The lowest BCUT2D eigenvalue weighted by molar-refractivity contribution is -0.182. The van der Waals surface area contributed by atoms with Crippen LogP contribution in [-0.2, 0) is 57.5 Å². The van der Waals surface area contributed by atoms with Gasteiger partial charge in [-0.15, -0.1) is 23.2 Å². The van der Waals surface area contributed by atoms with Crippen molar-refractivity contribution < 1.29 is 70.6 Å². The normalized spacial score (nSPS) is 30.8. The van der Waals surface area contributed by atoms with E-state index in [1.54, 1.807) is 27.7 Å². The standard InChI is InChI=1S/C65H106Cl2F3N11O12/c1-15-40(6)55-61(90)76(10)35-53(84)74(8)36-54(85)79(13)49(37-93-50-23-17-16-21-44(50)66)60(89)75(9)34-51(82)71-46(27-25-42-24-26-43(45(67)33-42)65(68,69)70)59(88)81-30-20-22-47(81)58(87)73-64(28-18-19-29-64)63(92)80(14)56(39(4)5)62(91)77(11)41(7)32-52(83)78(12)48(31-38(2)3)57(86)72-55/h38-50,55-56H,15-37H2,1-14H3,(H,71,82)(H,72,86)(H,73,87)/t40-,41+,42?,43?,44?,45?,46-,47-,48-,49-,50?,55-,56-/m0/s1. The molecule has 2 saturated heterocycles. The third-order valence-electron chi connectivity index (χ3n) is 20.1. The number of likely N-dealkylation sites (N-methyl/N-ethyl adjacent to an activating group) is 7. The summed E-state index contributed by atoms with van der Waals surface area (Å²) in [6.45, 7) is 10.5. The zero-order chi connectivity index (χ0) is 69.7. The molecule has 0 aromatic rings. The molecule has 0 radical (unpaired) electrons. The number of ether oxygens (including phenoxy) is 1. The van der Waals surface area contributed by atoms with Gasteiger partial charge >= 0.3 is 6.18 Å². The smallest absolute Gasteiger partial charge is 0.374 e. The molecule has 5 aliphatic rings. The summed E-state index contributed by atoms with van der Waals surface area (Å²) in [5, 5.41) is 7.07. The van der Waals surface area contributed by atoms with Gasteiger partial charge in [0.15, 0.2) is 0 Å². The maximum absolute atomic E-state index is 15.1. The number of amides is 11. The number of nitrogens with one attached hydrogen (secondary N) is 3. The molecule has 93 heavy (non-hydrogen) atoms. The topological polar surface area (TPSA) is 259 Å². The van der Waals surface area contributed by atoms with E-state index in [0.717, 1.165) is 32.4 Å². The second-order valence-electron chi connectivity index (χ2n) is 28.0. The van der Waals surface area contributed by atoms with Gasteiger partial charge in [0, 0.05) is 73.7 Å². The van der Waals surface area contributed by atoms with Gasteiger partial charge in [0.2, 0.25) is 65.0 Å². The van der Waals surface area contributed by atoms with Gasteiger partial charge in [-0.3, -0.25) is 52.7 Å². The fourth-order valence-electron chi connectivity index (χ4n) is 13.8. The first kappa shape index (κ1) is 78.2. The molecule has 2 heterocycles. The van der Waals surface area contributed by atoms with Crippen LogP contribution in [-0.4, -0.2) is 257 Å². The maximum Gasteiger partial charge on any atom is 0.393 e. The van der Waals surface area contributed by atoms with Crippen molar-refractivity contribution in [2.45, 2.75) is 235 Å². The number of fused-ring (bicyclic) bond motifs is 1. The number of nitrogens with zero attached hydrogens (tertiary/aromatic N) is 8. The van der Waals surface area contributed by atoms with Crippen LogP contribution in [0.4, 0.5) is 13.2 Å². The molecule has 0 aromatic carbocycles. The minimum atomic E-state index is -4.51. The Hall–Kier alpha value is -5.50. The quantitative estimate of drug-likeness (QED) is 0.227. The van der Waals surface area contributed by atoms with Crippen molar-refractivity contribution in [2.24, 2.45) is 29.6 Å². The van der Waals surface area contributed by atoms with Crippen LogP contribution in [0.15, 0.2) is 0 Å². The summed E-state index contributed by atoms with van der Waals surface area (Å²) < 4.78 is 48.0. The highest BCUT2D eigenvalue weighted by molar-refractivity contribution is 6.21. The van der Waals surface area contributed by atoms with E-state index in [0.29, 0.717) is 38.5 Å². The third-order valence-corrected chi connectivity index (χ3v) is 21.1. The van der Waals surface area contributed by atoms with E-state index >= 15 is 9.59 Å². The van der Waals surface area contributed by atoms with Crippen molar-refractivity contribution in [1.82, 2.24) is 55.1 Å². The number of hydrogen-bond donors (Lipinski definition) is 3. The van der Waals surface area contributed by atoms with Gasteiger partial charge in [0.1, 0.15) is 41.8 Å². The largest absolute Gasteiger partial charge is 0.393 e. The summed E-state index contributed by atoms with van der Waals surface area (Å²) in [5.74, 6) is -10.1. The van der Waals surface area contributed by atoms with E-state index in [-0.39, 0.29) is 89.2 Å². The van der Waals surface area contributed by atoms with E-state index in [9.17, 15) is 56.3 Å². The molecule has 3 saturated carbocycles. The Morgan fingerprint density at radius 1 is 0.624 bits per heavy atom. The molecular weight excluding hydrogens is 1250 g/mol. The number of hydrogen-bond acceptors (Lipinski definition) is 12. The second-order valence-corrected chi connectivity index (χ2v) is 29.1. The molecule has 11 amide bonds.